The molecule has 1 atom stereocenters. The monoisotopic (exact) mass is 371 g/mol. The number of rotatable bonds is 4. The van der Waals surface area contributed by atoms with Crippen molar-refractivity contribution in [3.63, 3.8) is 0 Å². The first-order chi connectivity index (χ1) is 12.4. The molecule has 134 valence electrons. The summed E-state index contributed by atoms with van der Waals surface area (Å²) in [6.45, 7) is 1.64. The Kier molecular flexibility index (Phi) is 4.95. The zero-order valence-electron chi connectivity index (χ0n) is 14.4. The van der Waals surface area contributed by atoms with Gasteiger partial charge in [-0.2, -0.15) is 0 Å². The van der Waals surface area contributed by atoms with E-state index in [1.807, 2.05) is 19.1 Å². The van der Waals surface area contributed by atoms with Crippen LogP contribution in [-0.4, -0.2) is 27.6 Å². The Morgan fingerprint density at radius 3 is 2.38 bits per heavy atom. The average Bonchev–Trinajstić information content (AvgIpc) is 2.65. The first kappa shape index (κ1) is 17.9. The molecular formula is C19H18ClN3O3. The third-order valence-electron chi connectivity index (χ3n) is 4.50. The van der Waals surface area contributed by atoms with E-state index in [2.05, 4.69) is 5.10 Å². The second-order valence-corrected chi connectivity index (χ2v) is 6.55. The zero-order chi connectivity index (χ0) is 18.8. The van der Waals surface area contributed by atoms with Crippen molar-refractivity contribution in [3.05, 3.63) is 79.8 Å². The lowest BCUT2D eigenvalue weighted by molar-refractivity contribution is -0.132. The second kappa shape index (κ2) is 7.17. The molecule has 1 unspecified atom stereocenters. The van der Waals surface area contributed by atoms with E-state index in [4.69, 9.17) is 11.6 Å². The normalized spacial score (nSPS) is 12.1. The number of carbonyl (C=O) groups is 1. The standard InChI is InChI=1S/C19H18ClN3O3/c1-12(13-7-9-14(20)10-8-13)22(2)17(24)11-23-19(26)16-6-4-3-5-15(16)18(25)21-23/h3-10,12H,11H2,1-2H3,(H,21,25). The third kappa shape index (κ3) is 3.41. The second-order valence-electron chi connectivity index (χ2n) is 6.11. The Morgan fingerprint density at radius 1 is 1.12 bits per heavy atom. The van der Waals surface area contributed by atoms with E-state index < -0.39 is 11.1 Å². The van der Waals surface area contributed by atoms with Crippen molar-refractivity contribution in [2.75, 3.05) is 7.05 Å². The quantitative estimate of drug-likeness (QED) is 0.765. The van der Waals surface area contributed by atoms with Crippen LogP contribution < -0.4 is 11.1 Å². The number of aromatic nitrogens is 2. The van der Waals surface area contributed by atoms with E-state index in [1.54, 1.807) is 43.4 Å². The molecule has 0 bridgehead atoms. The summed E-state index contributed by atoms with van der Waals surface area (Å²) in [4.78, 5) is 38.8. The van der Waals surface area contributed by atoms with Gasteiger partial charge in [0.2, 0.25) is 5.91 Å². The van der Waals surface area contributed by atoms with Gasteiger partial charge >= 0.3 is 0 Å². The summed E-state index contributed by atoms with van der Waals surface area (Å²) in [6, 6.07) is 13.5. The van der Waals surface area contributed by atoms with Crippen LogP contribution in [0.25, 0.3) is 10.8 Å². The Labute approximate surface area is 154 Å². The zero-order valence-corrected chi connectivity index (χ0v) is 15.2. The van der Waals surface area contributed by atoms with Crippen molar-refractivity contribution in [2.24, 2.45) is 0 Å². The highest BCUT2D eigenvalue weighted by Gasteiger charge is 2.19. The predicted octanol–water partition coefficient (Wildman–Crippen LogP) is 2.56. The lowest BCUT2D eigenvalue weighted by atomic mass is 10.1. The van der Waals surface area contributed by atoms with Gasteiger partial charge in [0.05, 0.1) is 16.8 Å². The fourth-order valence-corrected chi connectivity index (χ4v) is 2.91. The van der Waals surface area contributed by atoms with Crippen molar-refractivity contribution in [2.45, 2.75) is 19.5 Å². The number of halogens is 1. The molecule has 0 saturated carbocycles. The van der Waals surface area contributed by atoms with E-state index in [1.165, 1.54) is 4.90 Å². The van der Waals surface area contributed by atoms with E-state index >= 15 is 0 Å². The van der Waals surface area contributed by atoms with Gasteiger partial charge in [-0.3, -0.25) is 19.5 Å². The van der Waals surface area contributed by atoms with Gasteiger partial charge in [0.1, 0.15) is 6.54 Å². The van der Waals surface area contributed by atoms with Gasteiger partial charge in [0.25, 0.3) is 11.1 Å². The van der Waals surface area contributed by atoms with E-state index in [-0.39, 0.29) is 23.9 Å². The Balaban J connectivity index is 1.86. The van der Waals surface area contributed by atoms with E-state index in [9.17, 15) is 14.4 Å². The number of hydrogen-bond donors (Lipinski definition) is 1. The molecule has 0 aliphatic rings. The molecule has 0 spiro atoms. The molecule has 7 heteroatoms. The van der Waals surface area contributed by atoms with Gasteiger partial charge in [0, 0.05) is 12.1 Å². The minimum absolute atomic E-state index is 0.206. The van der Waals surface area contributed by atoms with Gasteiger partial charge in [-0.1, -0.05) is 35.9 Å². The molecular weight excluding hydrogens is 354 g/mol. The molecule has 1 N–H and O–H groups in total. The van der Waals surface area contributed by atoms with Crippen LogP contribution in [-0.2, 0) is 11.3 Å². The summed E-state index contributed by atoms with van der Waals surface area (Å²) in [6.07, 6.45) is 0. The maximum Gasteiger partial charge on any atom is 0.273 e. The van der Waals surface area contributed by atoms with Crippen molar-refractivity contribution < 1.29 is 4.79 Å². The van der Waals surface area contributed by atoms with Gasteiger partial charge < -0.3 is 4.90 Å². The highest BCUT2D eigenvalue weighted by Crippen LogP contribution is 2.21. The molecule has 2 aromatic carbocycles. The van der Waals surface area contributed by atoms with Crippen molar-refractivity contribution in [1.29, 1.82) is 0 Å². The van der Waals surface area contributed by atoms with Gasteiger partial charge in [-0.15, -0.1) is 0 Å². The minimum Gasteiger partial charge on any atom is -0.337 e. The molecule has 0 aliphatic heterocycles. The minimum atomic E-state index is -0.402. The number of H-pyrrole nitrogens is 1. The number of nitrogens with one attached hydrogen (secondary N) is 1. The number of likely N-dealkylation sites (N-methyl/N-ethyl adjacent to an activating group) is 1. The van der Waals surface area contributed by atoms with Gasteiger partial charge in [-0.05, 0) is 36.8 Å². The molecule has 3 rings (SSSR count). The topological polar surface area (TPSA) is 75.2 Å². The van der Waals surface area contributed by atoms with E-state index in [0.717, 1.165) is 10.2 Å². The number of amides is 1. The smallest absolute Gasteiger partial charge is 0.273 e. The van der Waals surface area contributed by atoms with E-state index in [0.29, 0.717) is 10.4 Å². The molecule has 26 heavy (non-hydrogen) atoms. The molecule has 0 radical (unpaired) electrons. The summed E-state index contributed by atoms with van der Waals surface area (Å²) >= 11 is 5.89. The van der Waals surface area contributed by atoms with Crippen LogP contribution in [0.1, 0.15) is 18.5 Å². The maximum absolute atomic E-state index is 12.6. The first-order valence-corrected chi connectivity index (χ1v) is 8.49. The van der Waals surface area contributed by atoms with Crippen molar-refractivity contribution in [1.82, 2.24) is 14.7 Å². The molecule has 0 aliphatic carbocycles. The molecule has 0 saturated heterocycles. The Hall–Kier alpha value is -2.86. The molecule has 3 aromatic rings. The van der Waals surface area contributed by atoms with Crippen molar-refractivity contribution in [3.8, 4) is 0 Å². The lowest BCUT2D eigenvalue weighted by Crippen LogP contribution is -2.38. The number of hydrogen-bond acceptors (Lipinski definition) is 3. The van der Waals surface area contributed by atoms with Crippen LogP contribution in [0.5, 0.6) is 0 Å². The Bertz CT molecular complexity index is 1070. The first-order valence-electron chi connectivity index (χ1n) is 8.11. The van der Waals surface area contributed by atoms with Crippen molar-refractivity contribution >= 4 is 28.3 Å². The molecule has 6 nitrogen and oxygen atoms in total. The maximum atomic E-state index is 12.6. The van der Waals surface area contributed by atoms with Crippen LogP contribution in [0.15, 0.2) is 58.1 Å². The summed E-state index contributed by atoms with van der Waals surface area (Å²) < 4.78 is 1.05. The summed E-state index contributed by atoms with van der Waals surface area (Å²) in [5.41, 5.74) is 0.118. The summed E-state index contributed by atoms with van der Waals surface area (Å²) in [5, 5.41) is 3.69. The van der Waals surface area contributed by atoms with Crippen LogP contribution in [0, 0.1) is 0 Å². The van der Waals surface area contributed by atoms with Gasteiger partial charge in [0.15, 0.2) is 0 Å². The molecule has 0 fully saturated rings. The predicted molar refractivity (Wildman–Crippen MR) is 101 cm³/mol. The number of fused-ring (bicyclic) bond motifs is 1. The summed E-state index contributed by atoms with van der Waals surface area (Å²) in [7, 11) is 1.66. The van der Waals surface area contributed by atoms with Crippen LogP contribution in [0.2, 0.25) is 5.02 Å². The fourth-order valence-electron chi connectivity index (χ4n) is 2.79. The third-order valence-corrected chi connectivity index (χ3v) is 4.76. The molecule has 1 heterocycles. The van der Waals surface area contributed by atoms with Crippen LogP contribution in [0.3, 0.4) is 0 Å². The fraction of sp³-hybridized carbons (Fsp3) is 0.211. The van der Waals surface area contributed by atoms with Crippen LogP contribution in [0.4, 0.5) is 0 Å². The molecule has 1 aromatic heterocycles. The largest absolute Gasteiger partial charge is 0.337 e. The SMILES string of the molecule is CC(c1ccc(Cl)cc1)N(C)C(=O)Cn1[nH]c(=O)c2ccccc2c1=O. The number of benzene rings is 2. The lowest BCUT2D eigenvalue weighted by Gasteiger charge is -2.25. The highest BCUT2D eigenvalue weighted by atomic mass is 35.5. The van der Waals surface area contributed by atoms with Crippen LogP contribution >= 0.6 is 11.6 Å². The number of carbonyl (C=O) groups excluding carboxylic acids is 1. The molecule has 1 amide bonds. The summed E-state index contributed by atoms with van der Waals surface area (Å²) in [5.74, 6) is -0.291. The van der Waals surface area contributed by atoms with Gasteiger partial charge in [-0.25, -0.2) is 4.68 Å². The number of nitrogens with zero attached hydrogens (tertiary/aromatic N) is 2. The average molecular weight is 372 g/mol. The Morgan fingerprint density at radius 2 is 1.73 bits per heavy atom. The highest BCUT2D eigenvalue weighted by molar-refractivity contribution is 6.30. The number of aromatic amines is 1.